The summed E-state index contributed by atoms with van der Waals surface area (Å²) in [6, 6.07) is 20.5. The maximum absolute atomic E-state index is 13.9. The first-order valence-corrected chi connectivity index (χ1v) is 15.1. The van der Waals surface area contributed by atoms with Gasteiger partial charge in [0.15, 0.2) is 0 Å². The topological polar surface area (TPSA) is 86.8 Å². The van der Waals surface area contributed by atoms with E-state index in [9.17, 15) is 18.0 Å². The van der Waals surface area contributed by atoms with Crippen molar-refractivity contribution in [1.82, 2.24) is 10.2 Å². The third-order valence-electron chi connectivity index (χ3n) is 6.48. The number of nitrogens with one attached hydrogen (secondary N) is 1. The molecular formula is C29H35N3O4S2. The summed E-state index contributed by atoms with van der Waals surface area (Å²) in [7, 11) is -2.55. The van der Waals surface area contributed by atoms with Crippen molar-refractivity contribution in [1.29, 1.82) is 0 Å². The zero-order valence-electron chi connectivity index (χ0n) is 22.5. The molecule has 0 radical (unpaired) electrons. The highest BCUT2D eigenvalue weighted by Gasteiger charge is 2.33. The summed E-state index contributed by atoms with van der Waals surface area (Å²) < 4.78 is 28.9. The lowest BCUT2D eigenvalue weighted by Crippen LogP contribution is -2.51. The standard InChI is InChI=1S/C29H35N3O4S2/c1-6-27(29(34)30-4)31(19-23-10-8-7-9-22(23)3)28(33)20-32(24-13-11-21(2)12-14-24)38(35,36)26-17-15-25(37-5)16-18-26/h7-18,27H,6,19-20H2,1-5H3,(H,30,34)/t27-/m0/s1. The van der Waals surface area contributed by atoms with Crippen molar-refractivity contribution in [2.24, 2.45) is 0 Å². The Balaban J connectivity index is 2.06. The molecule has 0 fully saturated rings. The molecule has 0 aliphatic heterocycles. The van der Waals surface area contributed by atoms with Crippen LogP contribution in [0.3, 0.4) is 0 Å². The number of hydrogen-bond acceptors (Lipinski definition) is 5. The van der Waals surface area contributed by atoms with Gasteiger partial charge >= 0.3 is 0 Å². The highest BCUT2D eigenvalue weighted by atomic mass is 32.2. The van der Waals surface area contributed by atoms with Crippen molar-refractivity contribution in [3.8, 4) is 0 Å². The van der Waals surface area contributed by atoms with E-state index in [-0.39, 0.29) is 17.3 Å². The van der Waals surface area contributed by atoms with Gasteiger partial charge in [0, 0.05) is 18.5 Å². The molecule has 3 aromatic rings. The van der Waals surface area contributed by atoms with E-state index in [1.54, 1.807) is 36.4 Å². The molecule has 0 spiro atoms. The molecule has 0 saturated heterocycles. The number of aryl methyl sites for hydroxylation is 2. The lowest BCUT2D eigenvalue weighted by molar-refractivity contribution is -0.140. The van der Waals surface area contributed by atoms with Crippen LogP contribution in [0.25, 0.3) is 0 Å². The molecular weight excluding hydrogens is 518 g/mol. The van der Waals surface area contributed by atoms with E-state index in [1.807, 2.05) is 63.4 Å². The summed E-state index contributed by atoms with van der Waals surface area (Å²) >= 11 is 1.51. The highest BCUT2D eigenvalue weighted by molar-refractivity contribution is 7.98. The zero-order valence-corrected chi connectivity index (χ0v) is 24.1. The van der Waals surface area contributed by atoms with Crippen LogP contribution in [-0.4, -0.2) is 51.0 Å². The van der Waals surface area contributed by atoms with Gasteiger partial charge in [-0.3, -0.25) is 13.9 Å². The summed E-state index contributed by atoms with van der Waals surface area (Å²) in [5, 5.41) is 2.64. The van der Waals surface area contributed by atoms with Gasteiger partial charge in [-0.15, -0.1) is 11.8 Å². The molecule has 3 rings (SSSR count). The van der Waals surface area contributed by atoms with Crippen molar-refractivity contribution < 1.29 is 18.0 Å². The average Bonchev–Trinajstić information content (AvgIpc) is 2.92. The van der Waals surface area contributed by atoms with Gasteiger partial charge in [0.25, 0.3) is 10.0 Å². The molecule has 202 valence electrons. The van der Waals surface area contributed by atoms with Crippen LogP contribution in [0, 0.1) is 13.8 Å². The Morgan fingerprint density at radius 2 is 1.58 bits per heavy atom. The SMILES string of the molecule is CC[C@@H](C(=O)NC)N(Cc1ccccc1C)C(=O)CN(c1ccc(C)cc1)S(=O)(=O)c1ccc(SC)cc1. The van der Waals surface area contributed by atoms with E-state index in [0.29, 0.717) is 12.1 Å². The second-order valence-electron chi connectivity index (χ2n) is 9.01. The first-order chi connectivity index (χ1) is 18.1. The Bertz CT molecular complexity index is 1360. The highest BCUT2D eigenvalue weighted by Crippen LogP contribution is 2.27. The average molecular weight is 554 g/mol. The molecule has 7 nitrogen and oxygen atoms in total. The van der Waals surface area contributed by atoms with E-state index in [1.165, 1.54) is 23.7 Å². The summed E-state index contributed by atoms with van der Waals surface area (Å²) in [5.74, 6) is -0.764. The molecule has 0 unspecified atom stereocenters. The van der Waals surface area contributed by atoms with Gasteiger partial charge in [-0.1, -0.05) is 48.9 Å². The minimum absolute atomic E-state index is 0.0903. The van der Waals surface area contributed by atoms with Gasteiger partial charge in [0.05, 0.1) is 10.6 Å². The summed E-state index contributed by atoms with van der Waals surface area (Å²) in [5.41, 5.74) is 3.21. The smallest absolute Gasteiger partial charge is 0.264 e. The van der Waals surface area contributed by atoms with Gasteiger partial charge in [0.2, 0.25) is 11.8 Å². The fourth-order valence-electron chi connectivity index (χ4n) is 4.17. The Kier molecular flexibility index (Phi) is 9.99. The minimum Gasteiger partial charge on any atom is -0.357 e. The Hall–Kier alpha value is -3.30. The summed E-state index contributed by atoms with van der Waals surface area (Å²) in [4.78, 5) is 29.2. The molecule has 38 heavy (non-hydrogen) atoms. The molecule has 0 aliphatic carbocycles. The van der Waals surface area contributed by atoms with Gasteiger partial charge in [-0.05, 0) is 74.0 Å². The van der Waals surface area contributed by atoms with Crippen LogP contribution in [0.4, 0.5) is 5.69 Å². The summed E-state index contributed by atoms with van der Waals surface area (Å²) in [6.07, 6.45) is 2.30. The number of sulfonamides is 1. The van der Waals surface area contributed by atoms with E-state index in [0.717, 1.165) is 25.9 Å². The van der Waals surface area contributed by atoms with E-state index < -0.39 is 28.5 Å². The van der Waals surface area contributed by atoms with Gasteiger partial charge in [0.1, 0.15) is 12.6 Å². The molecule has 3 aromatic carbocycles. The van der Waals surface area contributed by atoms with Crippen molar-refractivity contribution in [3.63, 3.8) is 0 Å². The van der Waals surface area contributed by atoms with Crippen molar-refractivity contribution in [2.75, 3.05) is 24.2 Å². The number of rotatable bonds is 11. The largest absolute Gasteiger partial charge is 0.357 e. The number of thioether (sulfide) groups is 1. The number of anilines is 1. The predicted octanol–water partition coefficient (Wildman–Crippen LogP) is 4.77. The van der Waals surface area contributed by atoms with Crippen molar-refractivity contribution in [2.45, 2.75) is 49.6 Å². The van der Waals surface area contributed by atoms with Gasteiger partial charge < -0.3 is 10.2 Å². The first-order valence-electron chi connectivity index (χ1n) is 12.4. The maximum atomic E-state index is 13.9. The second-order valence-corrected chi connectivity index (χ2v) is 11.8. The van der Waals surface area contributed by atoms with Crippen molar-refractivity contribution in [3.05, 3.63) is 89.5 Å². The number of hydrogen-bond donors (Lipinski definition) is 1. The van der Waals surface area contributed by atoms with Gasteiger partial charge in [-0.25, -0.2) is 8.42 Å². The fraction of sp³-hybridized carbons (Fsp3) is 0.310. The van der Waals surface area contributed by atoms with E-state index >= 15 is 0 Å². The number of carbonyl (C=O) groups is 2. The number of carbonyl (C=O) groups excluding carboxylic acids is 2. The quantitative estimate of drug-likeness (QED) is 0.346. The number of likely N-dealkylation sites (N-methyl/N-ethyl adjacent to an activating group) is 1. The Morgan fingerprint density at radius 3 is 2.13 bits per heavy atom. The molecule has 0 aromatic heterocycles. The molecule has 0 bridgehead atoms. The second kappa shape index (κ2) is 13.0. The van der Waals surface area contributed by atoms with Crippen LogP contribution < -0.4 is 9.62 Å². The molecule has 1 N–H and O–H groups in total. The monoisotopic (exact) mass is 553 g/mol. The molecule has 0 saturated carbocycles. The lowest BCUT2D eigenvalue weighted by atomic mass is 10.1. The lowest BCUT2D eigenvalue weighted by Gasteiger charge is -2.33. The van der Waals surface area contributed by atoms with Gasteiger partial charge in [-0.2, -0.15) is 0 Å². The van der Waals surface area contributed by atoms with Crippen LogP contribution in [0.15, 0.2) is 82.6 Å². The van der Waals surface area contributed by atoms with E-state index in [2.05, 4.69) is 5.32 Å². The molecule has 1 atom stereocenters. The van der Waals surface area contributed by atoms with Crippen LogP contribution >= 0.6 is 11.8 Å². The maximum Gasteiger partial charge on any atom is 0.264 e. The third kappa shape index (κ3) is 6.76. The molecule has 2 amide bonds. The Morgan fingerprint density at radius 1 is 0.947 bits per heavy atom. The third-order valence-corrected chi connectivity index (χ3v) is 9.01. The van der Waals surface area contributed by atoms with Crippen LogP contribution in [-0.2, 0) is 26.2 Å². The molecule has 0 heterocycles. The predicted molar refractivity (Wildman–Crippen MR) is 154 cm³/mol. The van der Waals surface area contributed by atoms with Crippen LogP contribution in [0.2, 0.25) is 0 Å². The Labute approximate surface area is 230 Å². The fourth-order valence-corrected chi connectivity index (χ4v) is 5.99. The van der Waals surface area contributed by atoms with Crippen molar-refractivity contribution >= 4 is 39.3 Å². The zero-order chi connectivity index (χ0) is 27.9. The van der Waals surface area contributed by atoms with Crippen LogP contribution in [0.1, 0.15) is 30.0 Å². The number of benzene rings is 3. The van der Waals surface area contributed by atoms with Crippen LogP contribution in [0.5, 0.6) is 0 Å². The number of amides is 2. The normalized spacial score (nSPS) is 12.0. The number of nitrogens with zero attached hydrogens (tertiary/aromatic N) is 2. The summed E-state index contributed by atoms with van der Waals surface area (Å²) in [6.45, 7) is 5.42. The first kappa shape index (κ1) is 29.3. The molecule has 9 heteroatoms. The van der Waals surface area contributed by atoms with E-state index in [4.69, 9.17) is 0 Å². The minimum atomic E-state index is -4.08. The molecule has 0 aliphatic rings.